The summed E-state index contributed by atoms with van der Waals surface area (Å²) in [5.41, 5.74) is 0. The van der Waals surface area contributed by atoms with E-state index >= 15 is 0 Å². The van der Waals surface area contributed by atoms with Gasteiger partial charge in [-0.3, -0.25) is 4.79 Å². The summed E-state index contributed by atoms with van der Waals surface area (Å²) in [5, 5.41) is 3.12. The van der Waals surface area contributed by atoms with Crippen molar-refractivity contribution in [2.24, 2.45) is 0 Å². The van der Waals surface area contributed by atoms with Crippen molar-refractivity contribution < 1.29 is 13.2 Å². The summed E-state index contributed by atoms with van der Waals surface area (Å²) >= 11 is 0. The molecule has 15 heavy (non-hydrogen) atoms. The van der Waals surface area contributed by atoms with Gasteiger partial charge in [-0.25, -0.2) is 8.42 Å². The zero-order valence-electron chi connectivity index (χ0n) is 9.75. The Labute approximate surface area is 92.4 Å². The molecule has 0 aliphatic rings. The van der Waals surface area contributed by atoms with Crippen molar-refractivity contribution in [1.82, 2.24) is 5.32 Å². The molecule has 0 aromatic carbocycles. The molecule has 0 atom stereocenters. The number of rotatable bonds is 8. The van der Waals surface area contributed by atoms with Gasteiger partial charge in [0.25, 0.3) is 0 Å². The molecule has 0 bridgehead atoms. The van der Waals surface area contributed by atoms with Gasteiger partial charge < -0.3 is 5.32 Å². The largest absolute Gasteiger partial charge is 0.314 e. The van der Waals surface area contributed by atoms with Crippen LogP contribution in [0, 0.1) is 0 Å². The van der Waals surface area contributed by atoms with Crippen LogP contribution in [0.1, 0.15) is 33.6 Å². The highest BCUT2D eigenvalue weighted by molar-refractivity contribution is 7.91. The Morgan fingerprint density at radius 3 is 2.33 bits per heavy atom. The van der Waals surface area contributed by atoms with E-state index < -0.39 is 9.84 Å². The van der Waals surface area contributed by atoms with Crippen molar-refractivity contribution >= 4 is 15.6 Å². The van der Waals surface area contributed by atoms with E-state index in [0.29, 0.717) is 19.0 Å². The van der Waals surface area contributed by atoms with Gasteiger partial charge in [0.15, 0.2) is 0 Å². The van der Waals surface area contributed by atoms with E-state index in [0.717, 1.165) is 0 Å². The highest BCUT2D eigenvalue weighted by Crippen LogP contribution is 1.97. The van der Waals surface area contributed by atoms with Gasteiger partial charge in [-0.05, 0) is 0 Å². The van der Waals surface area contributed by atoms with Crippen LogP contribution in [0.4, 0.5) is 0 Å². The van der Waals surface area contributed by atoms with Gasteiger partial charge in [-0.15, -0.1) is 0 Å². The second-order valence-electron chi connectivity index (χ2n) is 3.88. The molecule has 0 saturated carbocycles. The molecule has 90 valence electrons. The van der Waals surface area contributed by atoms with Gasteiger partial charge in [-0.2, -0.15) is 0 Å². The fourth-order valence-electron chi connectivity index (χ4n) is 1.04. The van der Waals surface area contributed by atoms with Crippen LogP contribution in [0.3, 0.4) is 0 Å². The smallest absolute Gasteiger partial charge is 0.150 e. The number of hydrogen-bond donors (Lipinski definition) is 1. The highest BCUT2D eigenvalue weighted by Gasteiger charge is 2.10. The van der Waals surface area contributed by atoms with Crippen molar-refractivity contribution in [3.05, 3.63) is 0 Å². The molecule has 4 nitrogen and oxygen atoms in total. The van der Waals surface area contributed by atoms with E-state index in [1.165, 1.54) is 0 Å². The number of Topliss-reactive ketones (excluding diaryl/α,β-unsaturated/α-hetero) is 1. The molecule has 5 heteroatoms. The Hall–Kier alpha value is -0.420. The predicted octanol–water partition coefficient (Wildman–Crippen LogP) is 0.768. The van der Waals surface area contributed by atoms with E-state index in [9.17, 15) is 13.2 Å². The number of hydrogen-bond acceptors (Lipinski definition) is 4. The van der Waals surface area contributed by atoms with Crippen molar-refractivity contribution in [1.29, 1.82) is 0 Å². The van der Waals surface area contributed by atoms with E-state index in [4.69, 9.17) is 0 Å². The molecule has 0 aromatic rings. The van der Waals surface area contributed by atoms with Gasteiger partial charge in [0.05, 0.1) is 5.75 Å². The van der Waals surface area contributed by atoms with E-state index in [2.05, 4.69) is 5.32 Å². The number of nitrogens with one attached hydrogen (secondary N) is 1. The average Bonchev–Trinajstić information content (AvgIpc) is 2.14. The average molecular weight is 235 g/mol. The molecule has 0 spiro atoms. The summed E-state index contributed by atoms with van der Waals surface area (Å²) in [6, 6.07) is 0.358. The maximum Gasteiger partial charge on any atom is 0.150 e. The maximum absolute atomic E-state index is 11.3. The Morgan fingerprint density at radius 1 is 1.27 bits per heavy atom. The van der Waals surface area contributed by atoms with Crippen LogP contribution in [-0.4, -0.2) is 38.3 Å². The van der Waals surface area contributed by atoms with Gasteiger partial charge in [0.2, 0.25) is 0 Å². The standard InChI is InChI=1S/C10H21NO3S/c1-4-15(13,14)8-6-10(12)5-7-11-9(2)3/h9,11H,4-8H2,1-3H3. The lowest BCUT2D eigenvalue weighted by Crippen LogP contribution is -2.26. The minimum atomic E-state index is -3.00. The van der Waals surface area contributed by atoms with Crippen LogP contribution in [-0.2, 0) is 14.6 Å². The molecule has 0 fully saturated rings. The highest BCUT2D eigenvalue weighted by atomic mass is 32.2. The topological polar surface area (TPSA) is 63.2 Å². The third kappa shape index (κ3) is 8.57. The molecule has 0 rings (SSSR count). The van der Waals surface area contributed by atoms with Crippen LogP contribution in [0.15, 0.2) is 0 Å². The molecule has 0 aliphatic heterocycles. The molecule has 0 aliphatic carbocycles. The first-order valence-corrected chi connectivity index (χ1v) is 7.15. The van der Waals surface area contributed by atoms with Crippen LogP contribution in [0.5, 0.6) is 0 Å². The number of sulfone groups is 1. The summed E-state index contributed by atoms with van der Waals surface area (Å²) in [4.78, 5) is 11.3. The molecular weight excluding hydrogens is 214 g/mol. The fourth-order valence-corrected chi connectivity index (χ4v) is 1.87. The molecule has 0 radical (unpaired) electrons. The fraction of sp³-hybridized carbons (Fsp3) is 0.900. The minimum Gasteiger partial charge on any atom is -0.314 e. The second-order valence-corrected chi connectivity index (χ2v) is 6.36. The molecule has 0 aromatic heterocycles. The van der Waals surface area contributed by atoms with Crippen molar-refractivity contribution in [2.45, 2.75) is 39.7 Å². The summed E-state index contributed by atoms with van der Waals surface area (Å²) in [5.74, 6) is 0.120. The quantitative estimate of drug-likeness (QED) is 0.675. The minimum absolute atomic E-state index is 0.00991. The Morgan fingerprint density at radius 2 is 1.87 bits per heavy atom. The van der Waals surface area contributed by atoms with Gasteiger partial charge in [-0.1, -0.05) is 20.8 Å². The summed E-state index contributed by atoms with van der Waals surface area (Å²) in [6.45, 7) is 6.24. The van der Waals surface area contributed by atoms with Crippen molar-refractivity contribution in [3.8, 4) is 0 Å². The molecule has 0 amide bonds. The summed E-state index contributed by atoms with van der Waals surface area (Å²) in [6.07, 6.45) is 0.563. The Kier molecular flexibility index (Phi) is 6.76. The molecule has 0 saturated heterocycles. The van der Waals surface area contributed by atoms with E-state index in [1.54, 1.807) is 6.92 Å². The van der Waals surface area contributed by atoms with Gasteiger partial charge in [0, 0.05) is 31.2 Å². The van der Waals surface area contributed by atoms with Crippen molar-refractivity contribution in [3.63, 3.8) is 0 Å². The van der Waals surface area contributed by atoms with Crippen LogP contribution >= 0.6 is 0 Å². The maximum atomic E-state index is 11.3. The summed E-state index contributed by atoms with van der Waals surface area (Å²) < 4.78 is 22.2. The zero-order chi connectivity index (χ0) is 11.9. The first kappa shape index (κ1) is 14.6. The second kappa shape index (κ2) is 6.95. The molecule has 0 heterocycles. The third-order valence-corrected chi connectivity index (χ3v) is 3.79. The SMILES string of the molecule is CCS(=O)(=O)CCC(=O)CCNC(C)C. The zero-order valence-corrected chi connectivity index (χ0v) is 10.6. The molecule has 1 N–H and O–H groups in total. The number of ketones is 1. The normalized spacial score (nSPS) is 12.0. The molecule has 0 unspecified atom stereocenters. The monoisotopic (exact) mass is 235 g/mol. The third-order valence-electron chi connectivity index (χ3n) is 2.09. The lowest BCUT2D eigenvalue weighted by molar-refractivity contribution is -0.118. The first-order valence-electron chi connectivity index (χ1n) is 5.33. The summed E-state index contributed by atoms with van der Waals surface area (Å²) in [7, 11) is -3.00. The Balaban J connectivity index is 3.67. The van der Waals surface area contributed by atoms with Gasteiger partial charge in [0.1, 0.15) is 15.6 Å². The van der Waals surface area contributed by atoms with E-state index in [1.807, 2.05) is 13.8 Å². The van der Waals surface area contributed by atoms with Crippen LogP contribution < -0.4 is 5.32 Å². The lowest BCUT2D eigenvalue weighted by Gasteiger charge is -2.06. The number of carbonyl (C=O) groups is 1. The van der Waals surface area contributed by atoms with Crippen LogP contribution in [0.2, 0.25) is 0 Å². The van der Waals surface area contributed by atoms with E-state index in [-0.39, 0.29) is 23.7 Å². The Bertz CT molecular complexity index is 283. The molecular formula is C10H21NO3S. The number of carbonyl (C=O) groups excluding carboxylic acids is 1. The van der Waals surface area contributed by atoms with Crippen LogP contribution in [0.25, 0.3) is 0 Å². The first-order chi connectivity index (χ1) is 6.87. The van der Waals surface area contributed by atoms with Gasteiger partial charge >= 0.3 is 0 Å². The predicted molar refractivity (Wildman–Crippen MR) is 61.7 cm³/mol. The lowest BCUT2D eigenvalue weighted by atomic mass is 10.2. The van der Waals surface area contributed by atoms with Crippen molar-refractivity contribution in [2.75, 3.05) is 18.1 Å².